The summed E-state index contributed by atoms with van der Waals surface area (Å²) in [6.45, 7) is 6.05. The molecule has 1 unspecified atom stereocenters. The average Bonchev–Trinajstić information content (AvgIpc) is 2.83. The number of pyridine rings is 1. The monoisotopic (exact) mass is 460 g/mol. The van der Waals surface area contributed by atoms with Crippen molar-refractivity contribution in [2.45, 2.75) is 50.9 Å². The van der Waals surface area contributed by atoms with Crippen LogP contribution in [0.5, 0.6) is 5.88 Å². The minimum Gasteiger partial charge on any atom is -0.481 e. The number of aliphatic hydroxyl groups is 1. The van der Waals surface area contributed by atoms with Crippen LogP contribution < -0.4 is 4.74 Å². The van der Waals surface area contributed by atoms with Crippen LogP contribution in [0.1, 0.15) is 50.8 Å². The van der Waals surface area contributed by atoms with Crippen LogP contribution in [-0.2, 0) is 10.3 Å². The molecule has 0 aliphatic carbocycles. The van der Waals surface area contributed by atoms with Gasteiger partial charge in [0.15, 0.2) is 0 Å². The molecule has 0 spiro atoms. The van der Waals surface area contributed by atoms with Crippen LogP contribution in [-0.4, -0.2) is 40.3 Å². The topological polar surface area (TPSA) is 71.9 Å². The van der Waals surface area contributed by atoms with Gasteiger partial charge in [0.05, 0.1) is 18.8 Å². The molecule has 1 amide bonds. The predicted molar refractivity (Wildman–Crippen MR) is 131 cm³/mol. The molecule has 2 heterocycles. The largest absolute Gasteiger partial charge is 0.481 e. The summed E-state index contributed by atoms with van der Waals surface area (Å²) in [5, 5.41) is 10.6. The van der Waals surface area contributed by atoms with Gasteiger partial charge in [-0.15, -0.1) is 0 Å². The molecule has 6 nitrogen and oxygen atoms in total. The van der Waals surface area contributed by atoms with Crippen molar-refractivity contribution >= 4 is 6.09 Å². The highest BCUT2D eigenvalue weighted by atomic mass is 16.6. The second-order valence-electron chi connectivity index (χ2n) is 9.55. The number of ether oxygens (including phenoxy) is 2. The minimum absolute atomic E-state index is 0.149. The van der Waals surface area contributed by atoms with Crippen LogP contribution in [0.15, 0.2) is 72.9 Å². The number of amides is 1. The molecule has 34 heavy (non-hydrogen) atoms. The lowest BCUT2D eigenvalue weighted by molar-refractivity contribution is -0.101. The number of hydrogen-bond donors (Lipinski definition) is 1. The summed E-state index contributed by atoms with van der Waals surface area (Å²) in [4.78, 5) is 19.2. The number of methoxy groups -OCH3 is 1. The van der Waals surface area contributed by atoms with Crippen LogP contribution in [0.3, 0.4) is 0 Å². The lowest BCUT2D eigenvalue weighted by Crippen LogP contribution is -2.51. The van der Waals surface area contributed by atoms with Crippen molar-refractivity contribution in [3.63, 3.8) is 0 Å². The molecule has 1 aromatic heterocycles. The normalized spacial score (nSPS) is 19.4. The van der Waals surface area contributed by atoms with Crippen LogP contribution in [0, 0.1) is 0 Å². The maximum Gasteiger partial charge on any atom is 0.411 e. The fourth-order valence-corrected chi connectivity index (χ4v) is 4.73. The minimum atomic E-state index is -0.977. The summed E-state index contributed by atoms with van der Waals surface area (Å²) in [7, 11) is 1.60. The van der Waals surface area contributed by atoms with E-state index in [-0.39, 0.29) is 12.1 Å². The van der Waals surface area contributed by atoms with Crippen LogP contribution in [0.4, 0.5) is 4.79 Å². The third-order valence-electron chi connectivity index (χ3n) is 6.43. The van der Waals surface area contributed by atoms with Gasteiger partial charge < -0.3 is 19.5 Å². The fourth-order valence-electron chi connectivity index (χ4n) is 4.73. The molecule has 1 fully saturated rings. The first-order valence-electron chi connectivity index (χ1n) is 11.6. The Kier molecular flexibility index (Phi) is 6.62. The van der Waals surface area contributed by atoms with Crippen molar-refractivity contribution in [2.75, 3.05) is 13.7 Å². The Hall–Kier alpha value is -3.38. The maximum atomic E-state index is 13.2. The SMILES string of the molecule is COc1cc(-c2ccc([C@H](C)N3CCC(CC(C)(C)O)(c4ccccc4)OC3=O)cc2)ccn1. The molecule has 6 heteroatoms. The molecule has 0 saturated carbocycles. The highest BCUT2D eigenvalue weighted by Gasteiger charge is 2.46. The van der Waals surface area contributed by atoms with E-state index in [9.17, 15) is 9.90 Å². The van der Waals surface area contributed by atoms with Gasteiger partial charge in [0.1, 0.15) is 5.60 Å². The number of rotatable bonds is 7. The Labute approximate surface area is 201 Å². The first-order chi connectivity index (χ1) is 16.2. The van der Waals surface area contributed by atoms with E-state index in [2.05, 4.69) is 4.98 Å². The third kappa shape index (κ3) is 5.07. The Bertz CT molecular complexity index is 1130. The molecule has 0 bridgehead atoms. The number of hydrogen-bond acceptors (Lipinski definition) is 5. The van der Waals surface area contributed by atoms with Crippen LogP contribution in [0.2, 0.25) is 0 Å². The molecule has 1 aliphatic heterocycles. The number of cyclic esters (lactones) is 1. The zero-order chi connectivity index (χ0) is 24.3. The second-order valence-corrected chi connectivity index (χ2v) is 9.55. The molecule has 0 radical (unpaired) electrons. The maximum absolute atomic E-state index is 13.2. The number of benzene rings is 2. The van der Waals surface area contributed by atoms with E-state index < -0.39 is 11.2 Å². The third-order valence-corrected chi connectivity index (χ3v) is 6.43. The van der Waals surface area contributed by atoms with Crippen molar-refractivity contribution in [1.82, 2.24) is 9.88 Å². The van der Waals surface area contributed by atoms with E-state index in [4.69, 9.17) is 9.47 Å². The van der Waals surface area contributed by atoms with E-state index in [0.717, 1.165) is 22.3 Å². The first-order valence-corrected chi connectivity index (χ1v) is 11.6. The summed E-state index contributed by atoms with van der Waals surface area (Å²) in [6, 6.07) is 21.6. The van der Waals surface area contributed by atoms with E-state index in [0.29, 0.717) is 25.3 Å². The van der Waals surface area contributed by atoms with Gasteiger partial charge in [-0.1, -0.05) is 54.6 Å². The molecule has 178 valence electrons. The Balaban J connectivity index is 1.53. The predicted octanol–water partition coefficient (Wildman–Crippen LogP) is 5.72. The molecule has 3 aromatic rings. The van der Waals surface area contributed by atoms with Gasteiger partial charge in [-0.2, -0.15) is 0 Å². The van der Waals surface area contributed by atoms with Gasteiger partial charge in [-0.05, 0) is 49.1 Å². The molecule has 1 saturated heterocycles. The molecule has 1 N–H and O–H groups in total. The highest BCUT2D eigenvalue weighted by Crippen LogP contribution is 2.42. The number of carbonyl (C=O) groups excluding carboxylic acids is 1. The Morgan fingerprint density at radius 2 is 1.82 bits per heavy atom. The zero-order valence-corrected chi connectivity index (χ0v) is 20.2. The van der Waals surface area contributed by atoms with Crippen LogP contribution in [0.25, 0.3) is 11.1 Å². The standard InChI is InChI=1S/C28H32N2O4/c1-20(21-10-12-22(13-11-21)23-14-16-29-25(18-23)33-4)30-17-15-28(34-26(30)31,19-27(2,3)32)24-8-6-5-7-9-24/h5-14,16,18,20,32H,15,17,19H2,1-4H3/t20-,28?/m0/s1. The summed E-state index contributed by atoms with van der Waals surface area (Å²) < 4.78 is 11.3. The average molecular weight is 461 g/mol. The second kappa shape index (κ2) is 9.47. The van der Waals surface area contributed by atoms with Crippen molar-refractivity contribution in [3.8, 4) is 17.0 Å². The highest BCUT2D eigenvalue weighted by molar-refractivity contribution is 5.70. The molecule has 2 atom stereocenters. The zero-order valence-electron chi connectivity index (χ0n) is 20.2. The van der Waals surface area contributed by atoms with Gasteiger partial charge in [-0.25, -0.2) is 9.78 Å². The van der Waals surface area contributed by atoms with Crippen molar-refractivity contribution in [2.24, 2.45) is 0 Å². The lowest BCUT2D eigenvalue weighted by Gasteiger charge is -2.45. The van der Waals surface area contributed by atoms with Gasteiger partial charge in [0, 0.05) is 31.6 Å². The summed E-state index contributed by atoms with van der Waals surface area (Å²) in [6.07, 6.45) is 2.30. The fraction of sp³-hybridized carbons (Fsp3) is 0.357. The molecule has 1 aliphatic rings. The van der Waals surface area contributed by atoms with Crippen molar-refractivity contribution < 1.29 is 19.4 Å². The van der Waals surface area contributed by atoms with E-state index in [1.807, 2.05) is 73.7 Å². The van der Waals surface area contributed by atoms with Gasteiger partial charge >= 0.3 is 6.09 Å². The van der Waals surface area contributed by atoms with Crippen molar-refractivity contribution in [3.05, 3.63) is 84.1 Å². The molecular formula is C28H32N2O4. The summed E-state index contributed by atoms with van der Waals surface area (Å²) in [5.74, 6) is 0.568. The molecular weight excluding hydrogens is 428 g/mol. The number of aromatic nitrogens is 1. The van der Waals surface area contributed by atoms with E-state index in [1.54, 1.807) is 32.1 Å². The summed E-state index contributed by atoms with van der Waals surface area (Å²) in [5.41, 5.74) is 2.17. The summed E-state index contributed by atoms with van der Waals surface area (Å²) >= 11 is 0. The quantitative estimate of drug-likeness (QED) is 0.488. The number of carbonyl (C=O) groups is 1. The van der Waals surface area contributed by atoms with E-state index >= 15 is 0 Å². The van der Waals surface area contributed by atoms with Crippen molar-refractivity contribution in [1.29, 1.82) is 0 Å². The first kappa shape index (κ1) is 23.8. The van der Waals surface area contributed by atoms with Gasteiger partial charge in [0.2, 0.25) is 5.88 Å². The van der Waals surface area contributed by atoms with Gasteiger partial charge in [-0.3, -0.25) is 0 Å². The van der Waals surface area contributed by atoms with Gasteiger partial charge in [0.25, 0.3) is 0 Å². The Morgan fingerprint density at radius 1 is 1.12 bits per heavy atom. The number of nitrogens with zero attached hydrogens (tertiary/aromatic N) is 2. The smallest absolute Gasteiger partial charge is 0.411 e. The molecule has 2 aromatic carbocycles. The van der Waals surface area contributed by atoms with Crippen LogP contribution >= 0.6 is 0 Å². The van der Waals surface area contributed by atoms with E-state index in [1.165, 1.54) is 0 Å². The Morgan fingerprint density at radius 3 is 2.44 bits per heavy atom. The molecule has 4 rings (SSSR count). The lowest BCUT2D eigenvalue weighted by atomic mass is 9.80.